The molecule has 0 heterocycles. The zero-order valence-corrected chi connectivity index (χ0v) is 2.59. The van der Waals surface area contributed by atoms with Crippen molar-refractivity contribution in [1.29, 1.82) is 0 Å². The van der Waals surface area contributed by atoms with Crippen LogP contribution in [-0.2, 0) is 0 Å². The van der Waals surface area contributed by atoms with Gasteiger partial charge in [0.25, 0.3) is 6.20 Å². The molecule has 0 atom stereocenters. The molecule has 0 aromatic carbocycles. The van der Waals surface area contributed by atoms with Crippen molar-refractivity contribution in [2.45, 2.75) is 0 Å². The Morgan fingerprint density at radius 1 is 1.57 bits per heavy atom. The molecular weight excluding hydrogens is 148 g/mol. The quantitative estimate of drug-likeness (QED) is 0.389. The molecule has 0 aliphatic rings. The van der Waals surface area contributed by atoms with Crippen LogP contribution in [0, 0.1) is 4.91 Å². The zero-order valence-electron chi connectivity index (χ0n) is 2.59. The van der Waals surface area contributed by atoms with Crippen molar-refractivity contribution in [3.05, 3.63) is 17.7 Å². The first-order valence-electron chi connectivity index (χ1n) is 1.05. The molecule has 5 heteroatoms. The van der Waals surface area contributed by atoms with Gasteiger partial charge >= 0.3 is 103 Å². The van der Waals surface area contributed by atoms with Gasteiger partial charge < -0.3 is 0 Å². The maximum absolute atomic E-state index is 9.17. The predicted molar refractivity (Wildman–Crippen MR) is 29.9 cm³/mol. The second kappa shape index (κ2) is 11.2. The van der Waals surface area contributed by atoms with E-state index < -0.39 is 0 Å². The van der Waals surface area contributed by atoms with Crippen LogP contribution < -0.4 is 0 Å². The van der Waals surface area contributed by atoms with Gasteiger partial charge in [-0.1, -0.05) is 0 Å². The van der Waals surface area contributed by atoms with Crippen LogP contribution in [0.1, 0.15) is 0 Å². The first-order valence-corrected chi connectivity index (χ1v) is 1.05. The minimum atomic E-state index is -0.361. The molecule has 0 bridgehead atoms. The van der Waals surface area contributed by atoms with Gasteiger partial charge in [-0.3, -0.25) is 0 Å². The summed E-state index contributed by atoms with van der Waals surface area (Å²) >= 11 is 0. The minimum absolute atomic E-state index is 0. The molecule has 0 saturated heterocycles. The molecule has 0 unspecified atom stereocenters. The van der Waals surface area contributed by atoms with E-state index in [2.05, 4.69) is 6.58 Å². The molecule has 7 heavy (non-hydrogen) atoms. The molecule has 3 nitrogen and oxygen atoms in total. The Morgan fingerprint density at radius 2 is 1.71 bits per heavy atom. The van der Waals surface area contributed by atoms with E-state index in [0.717, 1.165) is 6.20 Å². The number of nitrogens with zero attached hydrogens (tertiary/aromatic N) is 1. The van der Waals surface area contributed by atoms with Crippen LogP contribution >= 0.6 is 0 Å². The monoisotopic (exact) mass is 154 g/mol. The first-order chi connectivity index (χ1) is 2.27. The van der Waals surface area contributed by atoms with E-state index in [4.69, 9.17) is 10.1 Å². The molecule has 0 saturated carbocycles. The van der Waals surface area contributed by atoms with E-state index in [1.165, 1.54) is 0 Å². The Kier molecular flexibility index (Phi) is 26.0. The van der Waals surface area contributed by atoms with Crippen LogP contribution in [-0.4, -0.2) is 113 Å². The van der Waals surface area contributed by atoms with Crippen LogP contribution in [0.2, 0.25) is 0 Å². The molecule has 0 spiro atoms. The molecule has 0 aliphatic heterocycles. The average molecular weight is 154 g/mol. The van der Waals surface area contributed by atoms with Crippen LogP contribution in [0.5, 0.6) is 0 Å². The summed E-state index contributed by atoms with van der Waals surface area (Å²) < 4.78 is 0. The summed E-state index contributed by atoms with van der Waals surface area (Å²) in [6.45, 7) is 2.92. The Balaban J connectivity index is -0.0000000800. The van der Waals surface area contributed by atoms with Crippen molar-refractivity contribution in [3.63, 3.8) is 0 Å². The van der Waals surface area contributed by atoms with Crippen molar-refractivity contribution in [1.82, 2.24) is 0 Å². The van der Waals surface area contributed by atoms with E-state index in [9.17, 15) is 0 Å². The SMILES string of the molecule is C=C[N+](=O)O.[KH].[KH]. The Hall–Kier alpha value is 2.41. The van der Waals surface area contributed by atoms with Crippen molar-refractivity contribution < 1.29 is 10.1 Å². The fourth-order valence-electron chi connectivity index (χ4n) is 0. The molecule has 0 aromatic rings. The summed E-state index contributed by atoms with van der Waals surface area (Å²) in [6, 6.07) is 0. The summed E-state index contributed by atoms with van der Waals surface area (Å²) in [7, 11) is 0. The van der Waals surface area contributed by atoms with Crippen LogP contribution in [0.3, 0.4) is 0 Å². The van der Waals surface area contributed by atoms with Gasteiger partial charge in [-0.2, -0.15) is 0 Å². The van der Waals surface area contributed by atoms with Crippen molar-refractivity contribution in [2.24, 2.45) is 0 Å². The van der Waals surface area contributed by atoms with Gasteiger partial charge in [0, 0.05) is 0 Å². The van der Waals surface area contributed by atoms with Crippen molar-refractivity contribution in [3.8, 4) is 0 Å². The molecule has 0 radical (unpaired) electrons. The maximum atomic E-state index is 9.17. The molecule has 0 amide bonds. The molecule has 1 N–H and O–H groups in total. The van der Waals surface area contributed by atoms with Gasteiger partial charge in [-0.15, -0.1) is 0 Å². The van der Waals surface area contributed by atoms with E-state index >= 15 is 0 Å². The third-order valence-corrected chi connectivity index (χ3v) is 0.156. The van der Waals surface area contributed by atoms with Crippen LogP contribution in [0.4, 0.5) is 0 Å². The molecular formula is C2H6K2NO2+. The Labute approximate surface area is 127 Å². The molecule has 32 valence electrons. The van der Waals surface area contributed by atoms with Gasteiger partial charge in [-0.05, 0) is 6.58 Å². The molecule has 0 rings (SSSR count). The van der Waals surface area contributed by atoms with E-state index in [0.29, 0.717) is 0 Å². The second-order valence-electron chi connectivity index (χ2n) is 0.485. The van der Waals surface area contributed by atoms with Gasteiger partial charge in [0.1, 0.15) is 0 Å². The molecule has 0 fully saturated rings. The van der Waals surface area contributed by atoms with E-state index in [1.807, 2.05) is 0 Å². The third kappa shape index (κ3) is 17.8. The Bertz CT molecular complexity index is 64.7. The summed E-state index contributed by atoms with van der Waals surface area (Å²) in [5, 5.41) is 7.52. The van der Waals surface area contributed by atoms with Gasteiger partial charge in [-0.25, -0.2) is 5.21 Å². The summed E-state index contributed by atoms with van der Waals surface area (Å²) in [5.41, 5.74) is 0. The van der Waals surface area contributed by atoms with E-state index in [-0.39, 0.29) is 108 Å². The second-order valence-corrected chi connectivity index (χ2v) is 0.485. The fraction of sp³-hybridized carbons (Fsp3) is 0. The summed E-state index contributed by atoms with van der Waals surface area (Å²) in [5.74, 6) is 0. The predicted octanol–water partition coefficient (Wildman–Crippen LogP) is -0.999. The number of rotatable bonds is 1. The van der Waals surface area contributed by atoms with Gasteiger partial charge in [0.15, 0.2) is 0 Å². The standard InChI is InChI=1S/C2H4NO2.2K.2H/c1-2-3(4)5;;;;/h2H,1H2,(H,4,5);;;;/q+1;;;;. The normalized spacial score (nSPS) is 4.57. The van der Waals surface area contributed by atoms with Crippen molar-refractivity contribution >= 4 is 103 Å². The Morgan fingerprint density at radius 3 is 1.71 bits per heavy atom. The van der Waals surface area contributed by atoms with Gasteiger partial charge in [0.05, 0.1) is 4.91 Å². The number of hydrogen-bond donors (Lipinski definition) is 1. The summed E-state index contributed by atoms with van der Waals surface area (Å²) in [4.78, 5) is 8.81. The van der Waals surface area contributed by atoms with Crippen molar-refractivity contribution in [2.75, 3.05) is 0 Å². The fourth-order valence-corrected chi connectivity index (χ4v) is 0. The molecule has 0 aromatic heterocycles. The van der Waals surface area contributed by atoms with Crippen LogP contribution in [0.25, 0.3) is 0 Å². The van der Waals surface area contributed by atoms with E-state index in [1.54, 1.807) is 0 Å². The van der Waals surface area contributed by atoms with Crippen LogP contribution in [0.15, 0.2) is 12.8 Å². The summed E-state index contributed by atoms with van der Waals surface area (Å²) in [6.07, 6.45) is 0.750. The van der Waals surface area contributed by atoms with Gasteiger partial charge in [0.2, 0.25) is 4.92 Å². The zero-order chi connectivity index (χ0) is 4.28. The average Bonchev–Trinajstić information content (AvgIpc) is 1.38. The molecule has 0 aliphatic carbocycles. The topological polar surface area (TPSA) is 40.3 Å². The third-order valence-electron chi connectivity index (χ3n) is 0.156. The first kappa shape index (κ1) is 16.2. The number of hydrogen-bond acceptors (Lipinski definition) is 1.